The second-order valence-corrected chi connectivity index (χ2v) is 8.87. The molecule has 0 bridgehead atoms. The molecular weight excluding hydrogens is 446 g/mol. The molecule has 0 aliphatic heterocycles. The van der Waals surface area contributed by atoms with Gasteiger partial charge in [0.25, 0.3) is 10.1 Å². The highest BCUT2D eigenvalue weighted by Crippen LogP contribution is 2.23. The third-order valence-electron chi connectivity index (χ3n) is 4.75. The summed E-state index contributed by atoms with van der Waals surface area (Å²) in [6, 6.07) is 15.9. The second kappa shape index (κ2) is 10.7. The Kier molecular flexibility index (Phi) is 7.50. The first-order chi connectivity index (χ1) is 16.0. The Labute approximate surface area is 192 Å². The average molecular weight is 472 g/mol. The third-order valence-corrected chi connectivity index (χ3v) is 5.35. The topological polar surface area (TPSA) is 102 Å². The van der Waals surface area contributed by atoms with Crippen LogP contribution in [0.2, 0.25) is 0 Å². The summed E-state index contributed by atoms with van der Waals surface area (Å²) in [6.45, 7) is 1.59. The van der Waals surface area contributed by atoms with Crippen LogP contribution in [0, 0.1) is 0 Å². The fourth-order valence-corrected chi connectivity index (χ4v) is 3.62. The van der Waals surface area contributed by atoms with Crippen molar-refractivity contribution >= 4 is 31.9 Å². The lowest BCUT2D eigenvalue weighted by Gasteiger charge is -2.09. The van der Waals surface area contributed by atoms with Gasteiger partial charge in [0.05, 0.1) is 50.3 Å². The maximum atomic E-state index is 10.8. The van der Waals surface area contributed by atoms with E-state index in [9.17, 15) is 8.42 Å². The van der Waals surface area contributed by atoms with Gasteiger partial charge in [0.15, 0.2) is 0 Å². The first-order valence-corrected chi connectivity index (χ1v) is 12.3. The predicted molar refractivity (Wildman–Crippen MR) is 124 cm³/mol. The van der Waals surface area contributed by atoms with Gasteiger partial charge in [-0.25, -0.2) is 9.97 Å². The van der Waals surface area contributed by atoms with Gasteiger partial charge < -0.3 is 18.8 Å². The normalized spacial score (nSPS) is 11.9. The molecule has 0 saturated heterocycles. The summed E-state index contributed by atoms with van der Waals surface area (Å²) in [4.78, 5) is 9.12. The van der Waals surface area contributed by atoms with Gasteiger partial charge in [0.1, 0.15) is 12.4 Å². The number of para-hydroxylation sites is 1. The third kappa shape index (κ3) is 6.48. The minimum atomic E-state index is -3.43. The number of aromatic nitrogens is 3. The molecule has 0 radical (unpaired) electrons. The summed E-state index contributed by atoms with van der Waals surface area (Å²) < 4.78 is 44.7. The van der Waals surface area contributed by atoms with Crippen molar-refractivity contribution < 1.29 is 26.8 Å². The minimum absolute atomic E-state index is 0.00740. The van der Waals surface area contributed by atoms with Crippen LogP contribution in [0.15, 0.2) is 60.9 Å². The number of ether oxygens (including phenoxy) is 3. The van der Waals surface area contributed by atoms with Gasteiger partial charge in [0.2, 0.25) is 5.88 Å². The molecule has 0 atom stereocenters. The highest BCUT2D eigenvalue weighted by Gasteiger charge is 2.08. The van der Waals surface area contributed by atoms with E-state index in [0.29, 0.717) is 32.3 Å². The van der Waals surface area contributed by atoms with E-state index >= 15 is 0 Å². The summed E-state index contributed by atoms with van der Waals surface area (Å²) in [5, 5.41) is 2.08. The zero-order valence-electron chi connectivity index (χ0n) is 18.2. The van der Waals surface area contributed by atoms with Gasteiger partial charge >= 0.3 is 0 Å². The molecule has 0 aliphatic carbocycles. The summed E-state index contributed by atoms with van der Waals surface area (Å²) in [6.07, 6.45) is 4.74. The van der Waals surface area contributed by atoms with Crippen molar-refractivity contribution in [3.63, 3.8) is 0 Å². The highest BCUT2D eigenvalue weighted by atomic mass is 32.2. The van der Waals surface area contributed by atoms with E-state index in [1.165, 1.54) is 0 Å². The monoisotopic (exact) mass is 471 g/mol. The van der Waals surface area contributed by atoms with E-state index in [0.717, 1.165) is 33.9 Å². The van der Waals surface area contributed by atoms with Crippen molar-refractivity contribution in [2.75, 3.05) is 45.9 Å². The molecule has 0 unspecified atom stereocenters. The Balaban J connectivity index is 1.26. The lowest BCUT2D eigenvalue weighted by molar-refractivity contribution is 0.0276. The minimum Gasteiger partial charge on any atom is -0.475 e. The number of benzene rings is 1. The van der Waals surface area contributed by atoms with Crippen molar-refractivity contribution in [3.8, 4) is 11.7 Å². The molecule has 0 N–H and O–H groups in total. The number of fused-ring (bicyclic) bond motifs is 2. The zero-order chi connectivity index (χ0) is 23.1. The molecule has 0 fully saturated rings. The van der Waals surface area contributed by atoms with Crippen LogP contribution >= 0.6 is 0 Å². The van der Waals surface area contributed by atoms with Crippen LogP contribution in [0.4, 0.5) is 0 Å². The van der Waals surface area contributed by atoms with E-state index in [1.54, 1.807) is 6.20 Å². The Morgan fingerprint density at radius 2 is 1.64 bits per heavy atom. The van der Waals surface area contributed by atoms with E-state index in [1.807, 2.05) is 53.2 Å². The fourth-order valence-electron chi connectivity index (χ4n) is 3.25. The summed E-state index contributed by atoms with van der Waals surface area (Å²) >= 11 is 0. The van der Waals surface area contributed by atoms with Gasteiger partial charge in [-0.3, -0.25) is 4.18 Å². The molecule has 0 amide bonds. The van der Waals surface area contributed by atoms with Gasteiger partial charge in [-0.05, 0) is 24.3 Å². The quantitative estimate of drug-likeness (QED) is 0.230. The Morgan fingerprint density at radius 1 is 0.879 bits per heavy atom. The van der Waals surface area contributed by atoms with Crippen molar-refractivity contribution in [1.82, 2.24) is 14.5 Å². The first-order valence-electron chi connectivity index (χ1n) is 10.5. The smallest absolute Gasteiger partial charge is 0.264 e. The lowest BCUT2D eigenvalue weighted by Crippen LogP contribution is -2.14. The molecule has 0 spiro atoms. The molecule has 4 aromatic rings. The number of rotatable bonds is 12. The van der Waals surface area contributed by atoms with Crippen molar-refractivity contribution in [1.29, 1.82) is 0 Å². The largest absolute Gasteiger partial charge is 0.475 e. The molecule has 4 rings (SSSR count). The van der Waals surface area contributed by atoms with Crippen LogP contribution in [0.5, 0.6) is 5.88 Å². The molecule has 9 nitrogen and oxygen atoms in total. The van der Waals surface area contributed by atoms with E-state index in [4.69, 9.17) is 19.2 Å². The van der Waals surface area contributed by atoms with E-state index < -0.39 is 10.1 Å². The van der Waals surface area contributed by atoms with Crippen molar-refractivity contribution in [3.05, 3.63) is 60.9 Å². The van der Waals surface area contributed by atoms with Gasteiger partial charge in [-0.2, -0.15) is 8.42 Å². The standard InChI is InChI=1S/C23H25N3O6S/c1-33(27,28)32-15-13-30-11-10-29-12-14-31-23-16-21-19(17-24-23)8-9-26(21)22-7-6-18-4-2-3-5-20(18)25-22/h2-9,16-17H,10-15H2,1H3. The summed E-state index contributed by atoms with van der Waals surface area (Å²) in [7, 11) is -3.43. The Hall–Kier alpha value is -3.05. The SMILES string of the molecule is CS(=O)(=O)OCCOCCOCCOc1cc2c(ccn2-c2ccc3ccccc3n2)cn1. The lowest BCUT2D eigenvalue weighted by atomic mass is 10.2. The first kappa shape index (κ1) is 23.1. The van der Waals surface area contributed by atoms with Crippen molar-refractivity contribution in [2.24, 2.45) is 0 Å². The van der Waals surface area contributed by atoms with E-state index in [2.05, 4.69) is 15.2 Å². The van der Waals surface area contributed by atoms with Crippen LogP contribution in [-0.2, 0) is 23.8 Å². The van der Waals surface area contributed by atoms with Gasteiger partial charge in [0, 0.05) is 29.2 Å². The van der Waals surface area contributed by atoms with Crippen LogP contribution in [0.3, 0.4) is 0 Å². The van der Waals surface area contributed by atoms with Gasteiger partial charge in [-0.1, -0.05) is 18.2 Å². The Morgan fingerprint density at radius 3 is 2.45 bits per heavy atom. The number of hydrogen-bond acceptors (Lipinski definition) is 8. The van der Waals surface area contributed by atoms with Gasteiger partial charge in [-0.15, -0.1) is 0 Å². The molecule has 1 aromatic carbocycles. The molecule has 3 aromatic heterocycles. The van der Waals surface area contributed by atoms with Crippen LogP contribution in [-0.4, -0.2) is 68.8 Å². The predicted octanol–water partition coefficient (Wildman–Crippen LogP) is 2.96. The van der Waals surface area contributed by atoms with Crippen LogP contribution in [0.25, 0.3) is 27.6 Å². The fraction of sp³-hybridized carbons (Fsp3) is 0.304. The number of nitrogens with zero attached hydrogens (tertiary/aromatic N) is 3. The molecule has 10 heteroatoms. The molecule has 0 aliphatic rings. The molecule has 3 heterocycles. The summed E-state index contributed by atoms with van der Waals surface area (Å²) in [5.74, 6) is 1.33. The van der Waals surface area contributed by atoms with Crippen LogP contribution in [0.1, 0.15) is 0 Å². The van der Waals surface area contributed by atoms with Crippen molar-refractivity contribution in [2.45, 2.75) is 0 Å². The van der Waals surface area contributed by atoms with E-state index in [-0.39, 0.29) is 13.2 Å². The second-order valence-electron chi connectivity index (χ2n) is 7.23. The summed E-state index contributed by atoms with van der Waals surface area (Å²) in [5.41, 5.74) is 1.89. The average Bonchev–Trinajstić information content (AvgIpc) is 3.22. The molecule has 0 saturated carbocycles. The maximum Gasteiger partial charge on any atom is 0.264 e. The molecule has 174 valence electrons. The zero-order valence-corrected chi connectivity index (χ0v) is 19.0. The van der Waals surface area contributed by atoms with Crippen LogP contribution < -0.4 is 4.74 Å². The Bertz CT molecular complexity index is 1320. The molecule has 33 heavy (non-hydrogen) atoms. The number of hydrogen-bond donors (Lipinski definition) is 0. The number of pyridine rings is 2. The molecular formula is C23H25N3O6S. The highest BCUT2D eigenvalue weighted by molar-refractivity contribution is 7.85. The maximum absolute atomic E-state index is 10.8.